The monoisotopic (exact) mass is 1030 g/mol. The van der Waals surface area contributed by atoms with E-state index in [0.29, 0.717) is 57.1 Å². The standard InChI is InChI=1S/C26H23ClN6O2.C19H19ClN2O.C7H6N4O2.ClH/c1-16(30-25(34)22-23(28)31-33-13-6-12-29-24(22)33)20-15-18-9-5-10-19(27)21(18)26(35)32(20)14-11-17-7-3-2-4-8-17;1-13(21)17-12-15-8-5-9-16(20)18(15)19(23)22(17)11-10-14-6-3-2-4-7-14;8-5-4(7(12)13)6-9-2-1-3-11(6)10-5;/h2-10,12-13,15-16H,11,14H2,1H3,(H2,28,31)(H,30,34);2-9,12-13H,10-11,21H2,1H3;1-3H,(H2,8,10)(H,12,13);1H/t16-;13-;;/m00../s1. The molecule has 0 bridgehead atoms. The summed E-state index contributed by atoms with van der Waals surface area (Å²) in [5, 5.41) is 23.2. The van der Waals surface area contributed by atoms with Crippen LogP contribution in [-0.2, 0) is 25.9 Å². The van der Waals surface area contributed by atoms with Gasteiger partial charge in [0.25, 0.3) is 17.0 Å². The molecule has 17 nitrogen and oxygen atoms in total. The van der Waals surface area contributed by atoms with Crippen molar-refractivity contribution in [1.29, 1.82) is 0 Å². The van der Waals surface area contributed by atoms with E-state index in [1.807, 2.05) is 92.7 Å². The number of hydrogen-bond donors (Lipinski definition) is 5. The van der Waals surface area contributed by atoms with Crippen LogP contribution < -0.4 is 33.6 Å². The summed E-state index contributed by atoms with van der Waals surface area (Å²) in [5.74, 6) is -1.48. The lowest BCUT2D eigenvalue weighted by atomic mass is 10.1. The molecule has 6 heterocycles. The number of nitrogens with two attached hydrogens (primary N) is 3. The number of carbonyl (C=O) groups is 2. The van der Waals surface area contributed by atoms with Gasteiger partial charge < -0.3 is 36.8 Å². The number of aryl methyl sites for hydroxylation is 2. The minimum atomic E-state index is -1.12. The van der Waals surface area contributed by atoms with Crippen LogP contribution in [0.3, 0.4) is 0 Å². The Hall–Kier alpha value is -8.09. The van der Waals surface area contributed by atoms with E-state index in [9.17, 15) is 19.2 Å². The van der Waals surface area contributed by atoms with Crippen molar-refractivity contribution in [2.75, 3.05) is 11.5 Å². The second kappa shape index (κ2) is 22.8. The molecule has 8 N–H and O–H groups in total. The maximum atomic E-state index is 13.6. The fraction of sp³-hybridized carbons (Fsp3) is 0.154. The zero-order chi connectivity index (χ0) is 50.3. The average molecular weight is 1030 g/mol. The Morgan fingerprint density at radius 3 is 1.56 bits per heavy atom. The molecule has 10 rings (SSSR count). The summed E-state index contributed by atoms with van der Waals surface area (Å²) in [7, 11) is 0. The van der Waals surface area contributed by atoms with Crippen LogP contribution in [0.4, 0.5) is 11.6 Å². The van der Waals surface area contributed by atoms with Crippen LogP contribution in [0.15, 0.2) is 156 Å². The molecule has 0 saturated heterocycles. The van der Waals surface area contributed by atoms with Crippen LogP contribution >= 0.6 is 35.6 Å². The molecule has 368 valence electrons. The van der Waals surface area contributed by atoms with Crippen molar-refractivity contribution < 1.29 is 14.7 Å². The van der Waals surface area contributed by atoms with Crippen molar-refractivity contribution in [3.05, 3.63) is 211 Å². The number of pyridine rings is 2. The van der Waals surface area contributed by atoms with E-state index in [0.717, 1.165) is 23.1 Å². The number of carboxylic acid groups (broad SMARTS) is 1. The van der Waals surface area contributed by atoms with E-state index in [1.165, 1.54) is 20.8 Å². The van der Waals surface area contributed by atoms with Gasteiger partial charge in [-0.05, 0) is 85.0 Å². The maximum Gasteiger partial charge on any atom is 0.343 e. The lowest BCUT2D eigenvalue weighted by Gasteiger charge is -2.21. The molecule has 0 saturated carbocycles. The number of carbonyl (C=O) groups excluding carboxylic acids is 1. The second-order valence-electron chi connectivity index (χ2n) is 16.5. The third-order valence-electron chi connectivity index (χ3n) is 11.7. The summed E-state index contributed by atoms with van der Waals surface area (Å²) in [6, 6.07) is 37.4. The fourth-order valence-electron chi connectivity index (χ4n) is 8.29. The predicted octanol–water partition coefficient (Wildman–Crippen LogP) is 8.36. The quantitative estimate of drug-likeness (QED) is 0.0820. The average Bonchev–Trinajstić information content (AvgIpc) is 3.89. The third kappa shape index (κ3) is 11.1. The number of rotatable bonds is 11. The zero-order valence-electron chi connectivity index (χ0n) is 38.9. The molecule has 0 aliphatic heterocycles. The summed E-state index contributed by atoms with van der Waals surface area (Å²) in [6.07, 6.45) is 7.75. The molecule has 72 heavy (non-hydrogen) atoms. The Labute approximate surface area is 427 Å². The molecule has 6 aromatic heterocycles. The smallest absolute Gasteiger partial charge is 0.343 e. The van der Waals surface area contributed by atoms with Gasteiger partial charge in [0.2, 0.25) is 0 Å². The number of amides is 1. The van der Waals surface area contributed by atoms with E-state index >= 15 is 0 Å². The molecular weight excluding hydrogens is 979 g/mol. The van der Waals surface area contributed by atoms with Gasteiger partial charge in [-0.2, -0.15) is 0 Å². The Morgan fingerprint density at radius 1 is 0.639 bits per heavy atom. The molecule has 10 aromatic rings. The molecule has 1 amide bonds. The highest BCUT2D eigenvalue weighted by molar-refractivity contribution is 6.35. The summed E-state index contributed by atoms with van der Waals surface area (Å²) in [6.45, 7) is 4.74. The minimum absolute atomic E-state index is 0. The SMILES string of the molecule is C[C@H](N)c1cc2cccc(Cl)c2c(=O)n1CCc1ccccc1.C[C@H](NC(=O)c1c(N)nn2cccnc12)c1cc2cccc(Cl)c2c(=O)n1CCc1ccccc1.Cl.Nc1nn2cccnc2c1C(=O)O. The first-order valence-electron chi connectivity index (χ1n) is 22.4. The lowest BCUT2D eigenvalue weighted by Crippen LogP contribution is -2.33. The number of carboxylic acids is 1. The number of aromatic nitrogens is 8. The molecule has 0 aliphatic rings. The largest absolute Gasteiger partial charge is 0.477 e. The topological polar surface area (TPSA) is 249 Å². The lowest BCUT2D eigenvalue weighted by molar-refractivity contribution is 0.0699. The van der Waals surface area contributed by atoms with Crippen molar-refractivity contribution in [3.8, 4) is 0 Å². The number of nitrogens with zero attached hydrogens (tertiary/aromatic N) is 8. The van der Waals surface area contributed by atoms with Crippen molar-refractivity contribution in [2.45, 2.75) is 51.9 Å². The molecule has 20 heteroatoms. The number of fused-ring (bicyclic) bond motifs is 4. The second-order valence-corrected chi connectivity index (χ2v) is 17.3. The van der Waals surface area contributed by atoms with Gasteiger partial charge in [-0.1, -0.05) is 108 Å². The van der Waals surface area contributed by atoms with Crippen molar-refractivity contribution >= 4 is 92.0 Å². The number of nitrogens with one attached hydrogen (secondary N) is 1. The molecule has 2 atom stereocenters. The summed E-state index contributed by atoms with van der Waals surface area (Å²) in [4.78, 5) is 58.5. The Morgan fingerprint density at radius 2 is 1.08 bits per heavy atom. The van der Waals surface area contributed by atoms with Gasteiger partial charge in [-0.3, -0.25) is 14.4 Å². The highest BCUT2D eigenvalue weighted by atomic mass is 35.5. The molecule has 0 spiro atoms. The van der Waals surface area contributed by atoms with Gasteiger partial charge in [-0.15, -0.1) is 22.6 Å². The molecule has 4 aromatic carbocycles. The highest BCUT2D eigenvalue weighted by Crippen LogP contribution is 2.26. The fourth-order valence-corrected chi connectivity index (χ4v) is 8.82. The van der Waals surface area contributed by atoms with Crippen molar-refractivity contribution in [1.82, 2.24) is 43.6 Å². The van der Waals surface area contributed by atoms with Gasteiger partial charge in [0.15, 0.2) is 22.9 Å². The summed E-state index contributed by atoms with van der Waals surface area (Å²) in [5.41, 5.74) is 21.8. The van der Waals surface area contributed by atoms with Crippen molar-refractivity contribution in [2.24, 2.45) is 5.73 Å². The zero-order valence-corrected chi connectivity index (χ0v) is 41.2. The van der Waals surface area contributed by atoms with Crippen LogP contribution in [-0.4, -0.2) is 55.3 Å². The number of anilines is 2. The number of benzene rings is 4. The molecule has 0 fully saturated rings. The first-order chi connectivity index (χ1) is 34.2. The van der Waals surface area contributed by atoms with Crippen LogP contribution in [0.2, 0.25) is 10.0 Å². The van der Waals surface area contributed by atoms with Crippen LogP contribution in [0.1, 0.15) is 69.2 Å². The number of halogens is 3. The predicted molar refractivity (Wildman–Crippen MR) is 284 cm³/mol. The normalized spacial score (nSPS) is 11.8. The summed E-state index contributed by atoms with van der Waals surface area (Å²) >= 11 is 12.6. The maximum absolute atomic E-state index is 13.6. The number of aromatic carboxylic acids is 1. The van der Waals surface area contributed by atoms with E-state index in [4.69, 9.17) is 45.5 Å². The van der Waals surface area contributed by atoms with Gasteiger partial charge in [0.05, 0.1) is 26.9 Å². The Kier molecular flexibility index (Phi) is 16.4. The van der Waals surface area contributed by atoms with E-state index in [-0.39, 0.29) is 58.0 Å². The highest BCUT2D eigenvalue weighted by Gasteiger charge is 2.24. The van der Waals surface area contributed by atoms with Gasteiger partial charge in [-0.25, -0.2) is 23.8 Å². The first kappa shape index (κ1) is 51.8. The van der Waals surface area contributed by atoms with Crippen LogP contribution in [0, 0.1) is 0 Å². The number of nitrogen functional groups attached to an aromatic ring is 2. The van der Waals surface area contributed by atoms with E-state index in [1.54, 1.807) is 58.1 Å². The van der Waals surface area contributed by atoms with Crippen LogP contribution in [0.5, 0.6) is 0 Å². The van der Waals surface area contributed by atoms with Gasteiger partial charge in [0, 0.05) is 55.3 Å². The molecular formula is C52H49Cl3N12O5. The van der Waals surface area contributed by atoms with E-state index < -0.39 is 17.9 Å². The first-order valence-corrected chi connectivity index (χ1v) is 23.2. The Bertz CT molecular complexity index is 3690. The third-order valence-corrected chi connectivity index (χ3v) is 12.3. The van der Waals surface area contributed by atoms with Gasteiger partial charge >= 0.3 is 5.97 Å². The Balaban J connectivity index is 0.000000176. The molecule has 0 aliphatic carbocycles. The minimum Gasteiger partial charge on any atom is -0.477 e. The molecule has 0 radical (unpaired) electrons. The van der Waals surface area contributed by atoms with E-state index in [2.05, 4.69) is 37.6 Å². The van der Waals surface area contributed by atoms with Gasteiger partial charge in [0.1, 0.15) is 11.1 Å². The van der Waals surface area contributed by atoms with Crippen molar-refractivity contribution in [3.63, 3.8) is 0 Å². The number of hydrogen-bond acceptors (Lipinski definition) is 11. The molecule has 0 unspecified atom stereocenters. The van der Waals surface area contributed by atoms with Crippen LogP contribution in [0.25, 0.3) is 32.8 Å². The summed E-state index contributed by atoms with van der Waals surface area (Å²) < 4.78 is 6.23.